The molecular weight excluding hydrogens is 280 g/mol. The summed E-state index contributed by atoms with van der Waals surface area (Å²) in [5, 5.41) is 6.02. The summed E-state index contributed by atoms with van der Waals surface area (Å²) in [6.07, 6.45) is 0. The molecule has 21 heavy (non-hydrogen) atoms. The maximum absolute atomic E-state index is 11.8. The summed E-state index contributed by atoms with van der Waals surface area (Å²) >= 11 is 1.78. The molecule has 0 atom stereocenters. The summed E-state index contributed by atoms with van der Waals surface area (Å²) in [5.74, 6) is 0.936. The zero-order valence-electron chi connectivity index (χ0n) is 12.1. The van der Waals surface area contributed by atoms with Gasteiger partial charge in [-0.1, -0.05) is 35.9 Å². The molecule has 0 radical (unpaired) electrons. The Labute approximate surface area is 130 Å². The maximum Gasteiger partial charge on any atom is 0.238 e. The summed E-state index contributed by atoms with van der Waals surface area (Å²) in [6.45, 7) is 3.17. The minimum atomic E-state index is -0.0106. The Balaban J connectivity index is 1.60. The molecule has 0 spiro atoms. The average Bonchev–Trinajstić information content (AvgIpc) is 2.50. The van der Waals surface area contributed by atoms with Crippen LogP contribution in [0, 0.1) is 6.92 Å². The van der Waals surface area contributed by atoms with Crippen molar-refractivity contribution in [1.82, 2.24) is 5.32 Å². The van der Waals surface area contributed by atoms with Gasteiger partial charge in [-0.05, 0) is 31.2 Å². The number of amides is 1. The molecular formula is C17H20N2OS. The highest BCUT2D eigenvalue weighted by molar-refractivity contribution is 7.99. The van der Waals surface area contributed by atoms with E-state index in [1.807, 2.05) is 49.4 Å². The van der Waals surface area contributed by atoms with Gasteiger partial charge >= 0.3 is 0 Å². The third-order valence-corrected chi connectivity index (χ3v) is 3.93. The normalized spacial score (nSPS) is 10.3. The van der Waals surface area contributed by atoms with Gasteiger partial charge in [0, 0.05) is 22.9 Å². The van der Waals surface area contributed by atoms with Gasteiger partial charge in [-0.25, -0.2) is 0 Å². The van der Waals surface area contributed by atoms with Gasteiger partial charge in [-0.2, -0.15) is 0 Å². The van der Waals surface area contributed by atoms with Crippen molar-refractivity contribution in [1.29, 1.82) is 0 Å². The molecule has 0 aromatic heterocycles. The molecule has 0 aliphatic carbocycles. The van der Waals surface area contributed by atoms with E-state index >= 15 is 0 Å². The van der Waals surface area contributed by atoms with Crippen LogP contribution >= 0.6 is 11.8 Å². The van der Waals surface area contributed by atoms with Gasteiger partial charge in [0.15, 0.2) is 0 Å². The highest BCUT2D eigenvalue weighted by atomic mass is 32.2. The second kappa shape index (κ2) is 8.49. The Hall–Kier alpha value is -1.78. The van der Waals surface area contributed by atoms with E-state index in [9.17, 15) is 4.79 Å². The summed E-state index contributed by atoms with van der Waals surface area (Å²) in [4.78, 5) is 13.0. The number of hydrogen-bond donors (Lipinski definition) is 2. The minimum absolute atomic E-state index is 0.0106. The molecule has 3 nitrogen and oxygen atoms in total. The lowest BCUT2D eigenvalue weighted by atomic mass is 10.2. The van der Waals surface area contributed by atoms with Crippen LogP contribution in [0.5, 0.6) is 0 Å². The molecule has 0 saturated heterocycles. The van der Waals surface area contributed by atoms with Crippen LogP contribution in [-0.2, 0) is 4.79 Å². The Morgan fingerprint density at radius 2 is 1.76 bits per heavy atom. The predicted molar refractivity (Wildman–Crippen MR) is 89.8 cm³/mol. The molecule has 0 bridgehead atoms. The van der Waals surface area contributed by atoms with E-state index in [0.29, 0.717) is 6.54 Å². The second-order valence-corrected chi connectivity index (χ2v) is 5.92. The van der Waals surface area contributed by atoms with E-state index in [1.165, 1.54) is 10.5 Å². The van der Waals surface area contributed by atoms with Gasteiger partial charge in [-0.15, -0.1) is 11.8 Å². The number of hydrogen-bond acceptors (Lipinski definition) is 3. The first kappa shape index (κ1) is 15.6. The molecule has 0 aliphatic heterocycles. The van der Waals surface area contributed by atoms with Crippen LogP contribution in [0.3, 0.4) is 0 Å². The summed E-state index contributed by atoms with van der Waals surface area (Å²) in [6, 6.07) is 18.1. The molecule has 2 N–H and O–H groups in total. The fourth-order valence-corrected chi connectivity index (χ4v) is 2.63. The lowest BCUT2D eigenvalue weighted by Crippen LogP contribution is -2.29. The number of thioether (sulfide) groups is 1. The van der Waals surface area contributed by atoms with Crippen molar-refractivity contribution in [3.05, 3.63) is 60.2 Å². The molecule has 4 heteroatoms. The standard InChI is InChI=1S/C17H20N2OS/c1-14-7-9-15(10-8-14)19-17(20)13-18-11-12-21-16-5-3-2-4-6-16/h2-10,18H,11-13H2,1H3,(H,19,20). The lowest BCUT2D eigenvalue weighted by Gasteiger charge is -2.07. The highest BCUT2D eigenvalue weighted by Gasteiger charge is 2.01. The molecule has 1 amide bonds. The van der Waals surface area contributed by atoms with Crippen molar-refractivity contribution in [2.45, 2.75) is 11.8 Å². The molecule has 0 saturated carbocycles. The van der Waals surface area contributed by atoms with Crippen LogP contribution in [0.15, 0.2) is 59.5 Å². The van der Waals surface area contributed by atoms with E-state index in [2.05, 4.69) is 22.8 Å². The van der Waals surface area contributed by atoms with Crippen LogP contribution in [0.1, 0.15) is 5.56 Å². The minimum Gasteiger partial charge on any atom is -0.325 e. The summed E-state index contributed by atoms with van der Waals surface area (Å²) < 4.78 is 0. The molecule has 0 heterocycles. The second-order valence-electron chi connectivity index (χ2n) is 4.75. The molecule has 2 aromatic rings. The van der Waals surface area contributed by atoms with E-state index in [-0.39, 0.29) is 5.91 Å². The van der Waals surface area contributed by atoms with Gasteiger partial charge in [0.25, 0.3) is 0 Å². The number of aryl methyl sites for hydroxylation is 1. The molecule has 0 aliphatic rings. The van der Waals surface area contributed by atoms with Crippen molar-refractivity contribution < 1.29 is 4.79 Å². The van der Waals surface area contributed by atoms with E-state index in [1.54, 1.807) is 11.8 Å². The first-order valence-corrected chi connectivity index (χ1v) is 7.98. The lowest BCUT2D eigenvalue weighted by molar-refractivity contribution is -0.115. The average molecular weight is 300 g/mol. The Morgan fingerprint density at radius 3 is 2.48 bits per heavy atom. The fourth-order valence-electron chi connectivity index (χ4n) is 1.80. The van der Waals surface area contributed by atoms with Gasteiger partial charge < -0.3 is 10.6 Å². The molecule has 2 rings (SSSR count). The Bertz CT molecular complexity index is 555. The van der Waals surface area contributed by atoms with Gasteiger partial charge in [-0.3, -0.25) is 4.79 Å². The number of rotatable bonds is 7. The summed E-state index contributed by atoms with van der Waals surface area (Å²) in [5.41, 5.74) is 2.02. The summed E-state index contributed by atoms with van der Waals surface area (Å²) in [7, 11) is 0. The Kier molecular flexibility index (Phi) is 6.31. The molecule has 0 unspecified atom stereocenters. The first-order valence-electron chi connectivity index (χ1n) is 6.99. The van der Waals surface area contributed by atoms with Crippen LogP contribution in [0.25, 0.3) is 0 Å². The van der Waals surface area contributed by atoms with Gasteiger partial charge in [0.2, 0.25) is 5.91 Å². The maximum atomic E-state index is 11.8. The largest absolute Gasteiger partial charge is 0.325 e. The molecule has 2 aromatic carbocycles. The Morgan fingerprint density at radius 1 is 1.05 bits per heavy atom. The number of carbonyl (C=O) groups is 1. The van der Waals surface area contributed by atoms with E-state index in [4.69, 9.17) is 0 Å². The smallest absolute Gasteiger partial charge is 0.238 e. The topological polar surface area (TPSA) is 41.1 Å². The van der Waals surface area contributed by atoms with Crippen LogP contribution in [-0.4, -0.2) is 24.7 Å². The quantitative estimate of drug-likeness (QED) is 0.609. The van der Waals surface area contributed by atoms with Crippen molar-refractivity contribution in [2.75, 3.05) is 24.2 Å². The first-order chi connectivity index (χ1) is 10.2. The van der Waals surface area contributed by atoms with Crippen molar-refractivity contribution >= 4 is 23.4 Å². The van der Waals surface area contributed by atoms with E-state index in [0.717, 1.165) is 18.0 Å². The molecule has 110 valence electrons. The number of benzene rings is 2. The third kappa shape index (κ3) is 6.02. The highest BCUT2D eigenvalue weighted by Crippen LogP contribution is 2.15. The SMILES string of the molecule is Cc1ccc(NC(=O)CNCCSc2ccccc2)cc1. The van der Waals surface area contributed by atoms with Gasteiger partial charge in [0.05, 0.1) is 6.54 Å². The third-order valence-electron chi connectivity index (χ3n) is 2.91. The predicted octanol–water partition coefficient (Wildman–Crippen LogP) is 3.32. The van der Waals surface area contributed by atoms with Gasteiger partial charge in [0.1, 0.15) is 0 Å². The number of anilines is 1. The number of nitrogens with one attached hydrogen (secondary N) is 2. The fraction of sp³-hybridized carbons (Fsp3) is 0.235. The number of carbonyl (C=O) groups excluding carboxylic acids is 1. The monoisotopic (exact) mass is 300 g/mol. The van der Waals surface area contributed by atoms with Crippen molar-refractivity contribution in [3.63, 3.8) is 0 Å². The zero-order valence-corrected chi connectivity index (χ0v) is 13.0. The van der Waals surface area contributed by atoms with Crippen LogP contribution in [0.4, 0.5) is 5.69 Å². The molecule has 0 fully saturated rings. The van der Waals surface area contributed by atoms with Crippen molar-refractivity contribution in [2.24, 2.45) is 0 Å². The van der Waals surface area contributed by atoms with Crippen molar-refractivity contribution in [3.8, 4) is 0 Å². The zero-order chi connectivity index (χ0) is 14.9. The van der Waals surface area contributed by atoms with E-state index < -0.39 is 0 Å². The van der Waals surface area contributed by atoms with Crippen LogP contribution in [0.2, 0.25) is 0 Å². The van der Waals surface area contributed by atoms with Crippen LogP contribution < -0.4 is 10.6 Å².